The molecule has 1 aliphatic carbocycles. The number of likely N-dealkylation sites (tertiary alicyclic amines) is 1. The summed E-state index contributed by atoms with van der Waals surface area (Å²) in [7, 11) is 2.16. The van der Waals surface area contributed by atoms with E-state index in [4.69, 9.17) is 0 Å². The fourth-order valence-electron chi connectivity index (χ4n) is 5.98. The molecule has 0 radical (unpaired) electrons. The summed E-state index contributed by atoms with van der Waals surface area (Å²) in [4.78, 5) is 31.1. The molecule has 4 atom stereocenters. The van der Waals surface area contributed by atoms with Gasteiger partial charge in [0.25, 0.3) is 0 Å². The lowest BCUT2D eigenvalue weighted by Crippen LogP contribution is -2.48. The van der Waals surface area contributed by atoms with Crippen molar-refractivity contribution in [2.45, 2.75) is 37.1 Å². The van der Waals surface area contributed by atoms with Gasteiger partial charge in [0.15, 0.2) is 0 Å². The summed E-state index contributed by atoms with van der Waals surface area (Å²) in [6.07, 6.45) is 1.59. The Balaban J connectivity index is 1.39. The highest BCUT2D eigenvalue weighted by Gasteiger charge is 2.69. The van der Waals surface area contributed by atoms with Crippen LogP contribution in [-0.2, 0) is 15.0 Å². The number of aryl methyl sites for hydroxylation is 1. The number of hydrogen-bond acceptors (Lipinski definition) is 3. The second-order valence-corrected chi connectivity index (χ2v) is 9.22. The van der Waals surface area contributed by atoms with Gasteiger partial charge in [0.1, 0.15) is 0 Å². The van der Waals surface area contributed by atoms with Crippen molar-refractivity contribution in [2.75, 3.05) is 30.4 Å². The Hall–Kier alpha value is -2.66. The van der Waals surface area contributed by atoms with Crippen LogP contribution in [-0.4, -0.2) is 42.9 Å². The zero-order valence-corrected chi connectivity index (χ0v) is 16.8. The summed E-state index contributed by atoms with van der Waals surface area (Å²) in [5, 5.41) is 3.00. The smallest absolute Gasteiger partial charge is 0.235 e. The molecule has 6 rings (SSSR count). The molecule has 0 bridgehead atoms. The number of rotatable bonds is 1. The van der Waals surface area contributed by atoms with Crippen molar-refractivity contribution in [3.63, 3.8) is 0 Å². The van der Waals surface area contributed by atoms with E-state index in [0.29, 0.717) is 12.3 Å². The van der Waals surface area contributed by atoms with Crippen LogP contribution in [0.25, 0.3) is 0 Å². The molecule has 148 valence electrons. The van der Waals surface area contributed by atoms with Crippen LogP contribution in [0.2, 0.25) is 0 Å². The second-order valence-electron chi connectivity index (χ2n) is 9.22. The van der Waals surface area contributed by atoms with Gasteiger partial charge in [-0.15, -0.1) is 0 Å². The molecular weight excluding hydrogens is 362 g/mol. The summed E-state index contributed by atoms with van der Waals surface area (Å²) in [6, 6.07) is 14.5. The highest BCUT2D eigenvalue weighted by atomic mass is 16.2. The zero-order chi connectivity index (χ0) is 19.9. The number of carbonyl (C=O) groups is 2. The van der Waals surface area contributed by atoms with Gasteiger partial charge in [0.05, 0.1) is 11.3 Å². The number of amides is 2. The number of hydrogen-bond donors (Lipinski definition) is 1. The number of piperidine rings is 1. The van der Waals surface area contributed by atoms with Crippen LogP contribution >= 0.6 is 0 Å². The summed E-state index contributed by atoms with van der Waals surface area (Å²) >= 11 is 0. The molecule has 5 nitrogen and oxygen atoms in total. The maximum absolute atomic E-state index is 13.8. The van der Waals surface area contributed by atoms with Gasteiger partial charge < -0.3 is 15.1 Å². The van der Waals surface area contributed by atoms with E-state index in [1.807, 2.05) is 24.3 Å². The van der Waals surface area contributed by atoms with Crippen LogP contribution in [0.15, 0.2) is 42.5 Å². The number of carbonyl (C=O) groups excluding carboxylic acids is 2. The first-order chi connectivity index (χ1) is 14.0. The molecule has 1 N–H and O–H groups in total. The van der Waals surface area contributed by atoms with Crippen molar-refractivity contribution >= 4 is 23.2 Å². The maximum atomic E-state index is 13.8. The lowest BCUT2D eigenvalue weighted by Gasteiger charge is -2.36. The van der Waals surface area contributed by atoms with E-state index in [-0.39, 0.29) is 23.8 Å². The number of para-hydroxylation sites is 1. The first kappa shape index (κ1) is 17.2. The van der Waals surface area contributed by atoms with Crippen molar-refractivity contribution in [2.24, 2.45) is 5.92 Å². The summed E-state index contributed by atoms with van der Waals surface area (Å²) in [5.74, 6) is 0.199. The molecule has 1 saturated heterocycles. The molecule has 2 fully saturated rings. The SMILES string of the molecule is Cc1ccc2c(c1)C1CN(C)CCC1N2C(=O)C1CC12C(=O)Nc1ccccc12. The maximum Gasteiger partial charge on any atom is 0.235 e. The quantitative estimate of drug-likeness (QED) is 0.818. The van der Waals surface area contributed by atoms with Crippen LogP contribution in [0.4, 0.5) is 11.4 Å². The molecule has 2 aromatic rings. The fraction of sp³-hybridized carbons (Fsp3) is 0.417. The minimum absolute atomic E-state index is 0.0136. The lowest BCUT2D eigenvalue weighted by atomic mass is 9.88. The van der Waals surface area contributed by atoms with Crippen LogP contribution < -0.4 is 10.2 Å². The van der Waals surface area contributed by atoms with Gasteiger partial charge in [-0.05, 0) is 56.6 Å². The lowest BCUT2D eigenvalue weighted by molar-refractivity contribution is -0.124. The normalized spacial score (nSPS) is 32.0. The molecule has 4 aliphatic rings. The van der Waals surface area contributed by atoms with E-state index >= 15 is 0 Å². The number of fused-ring (bicyclic) bond motifs is 5. The molecular formula is C24H25N3O2. The molecule has 5 heteroatoms. The Kier molecular flexibility index (Phi) is 3.38. The average Bonchev–Trinajstić information content (AvgIpc) is 3.31. The molecule has 2 amide bonds. The number of likely N-dealkylation sites (N-methyl/N-ethyl adjacent to an activating group) is 1. The molecule has 29 heavy (non-hydrogen) atoms. The third-order valence-corrected chi connectivity index (χ3v) is 7.51. The van der Waals surface area contributed by atoms with E-state index < -0.39 is 5.41 Å². The third kappa shape index (κ3) is 2.19. The fourth-order valence-corrected chi connectivity index (χ4v) is 5.98. The van der Waals surface area contributed by atoms with E-state index in [1.165, 1.54) is 11.1 Å². The standard InChI is InChI=1S/C24H25N3O2/c1-14-7-8-20-15(11-14)16-13-26(2)10-9-21(16)27(20)22(28)18-12-24(18)17-5-3-4-6-19(17)25-23(24)29/h3-8,11,16,18,21H,9-10,12-13H2,1-2H3,(H,25,29). The van der Waals surface area contributed by atoms with E-state index in [1.54, 1.807) is 0 Å². The van der Waals surface area contributed by atoms with E-state index in [0.717, 1.165) is 36.4 Å². The molecule has 3 aliphatic heterocycles. The van der Waals surface area contributed by atoms with Gasteiger partial charge in [0.2, 0.25) is 11.8 Å². The molecule has 1 saturated carbocycles. The van der Waals surface area contributed by atoms with Crippen molar-refractivity contribution in [3.05, 3.63) is 59.2 Å². The van der Waals surface area contributed by atoms with Crippen LogP contribution in [0.5, 0.6) is 0 Å². The molecule has 0 aromatic heterocycles. The Morgan fingerprint density at radius 1 is 1.21 bits per heavy atom. The predicted molar refractivity (Wildman–Crippen MR) is 112 cm³/mol. The average molecular weight is 387 g/mol. The van der Waals surface area contributed by atoms with Crippen LogP contribution in [0.3, 0.4) is 0 Å². The van der Waals surface area contributed by atoms with Gasteiger partial charge in [-0.1, -0.05) is 35.9 Å². The molecule has 3 heterocycles. The third-order valence-electron chi connectivity index (χ3n) is 7.51. The van der Waals surface area contributed by atoms with Crippen LogP contribution in [0, 0.1) is 12.8 Å². The summed E-state index contributed by atoms with van der Waals surface area (Å²) < 4.78 is 0. The summed E-state index contributed by atoms with van der Waals surface area (Å²) in [6.45, 7) is 4.09. The van der Waals surface area contributed by atoms with Crippen molar-refractivity contribution in [1.82, 2.24) is 4.90 Å². The first-order valence-corrected chi connectivity index (χ1v) is 10.5. The Morgan fingerprint density at radius 3 is 2.90 bits per heavy atom. The highest BCUT2D eigenvalue weighted by molar-refractivity contribution is 6.15. The second kappa shape index (κ2) is 5.70. The Labute approximate surface area is 170 Å². The van der Waals surface area contributed by atoms with Gasteiger partial charge in [0, 0.05) is 29.9 Å². The minimum atomic E-state index is -0.665. The number of anilines is 2. The van der Waals surface area contributed by atoms with Gasteiger partial charge in [-0.3, -0.25) is 9.59 Å². The topological polar surface area (TPSA) is 52.7 Å². The number of nitrogens with one attached hydrogen (secondary N) is 1. The van der Waals surface area contributed by atoms with Crippen molar-refractivity contribution in [1.29, 1.82) is 0 Å². The first-order valence-electron chi connectivity index (χ1n) is 10.5. The van der Waals surface area contributed by atoms with Crippen molar-refractivity contribution in [3.8, 4) is 0 Å². The largest absolute Gasteiger partial charge is 0.325 e. The highest BCUT2D eigenvalue weighted by Crippen LogP contribution is 2.61. The number of nitrogens with zero attached hydrogens (tertiary/aromatic N) is 2. The van der Waals surface area contributed by atoms with Gasteiger partial charge >= 0.3 is 0 Å². The van der Waals surface area contributed by atoms with Crippen molar-refractivity contribution < 1.29 is 9.59 Å². The molecule has 1 spiro atoms. The number of benzene rings is 2. The van der Waals surface area contributed by atoms with Gasteiger partial charge in [-0.25, -0.2) is 0 Å². The zero-order valence-electron chi connectivity index (χ0n) is 16.8. The molecule has 4 unspecified atom stereocenters. The molecule has 2 aromatic carbocycles. The van der Waals surface area contributed by atoms with Crippen LogP contribution in [0.1, 0.15) is 35.4 Å². The minimum Gasteiger partial charge on any atom is -0.325 e. The Morgan fingerprint density at radius 2 is 2.03 bits per heavy atom. The van der Waals surface area contributed by atoms with E-state index in [9.17, 15) is 9.59 Å². The van der Waals surface area contributed by atoms with Gasteiger partial charge in [-0.2, -0.15) is 0 Å². The predicted octanol–water partition coefficient (Wildman–Crippen LogP) is 3.04. The Bertz CT molecular complexity index is 1060. The summed E-state index contributed by atoms with van der Waals surface area (Å²) in [5.41, 5.74) is 4.77. The van der Waals surface area contributed by atoms with E-state index in [2.05, 4.69) is 47.3 Å². The monoisotopic (exact) mass is 387 g/mol.